The van der Waals surface area contributed by atoms with Gasteiger partial charge < -0.3 is 4.42 Å². The van der Waals surface area contributed by atoms with Gasteiger partial charge in [0.05, 0.1) is 11.1 Å². The first-order valence-corrected chi connectivity index (χ1v) is 8.84. The molecule has 0 radical (unpaired) electrons. The van der Waals surface area contributed by atoms with E-state index in [1.807, 2.05) is 30.3 Å². The summed E-state index contributed by atoms with van der Waals surface area (Å²) in [7, 11) is 0. The van der Waals surface area contributed by atoms with Gasteiger partial charge in [0, 0.05) is 23.6 Å². The van der Waals surface area contributed by atoms with Crippen LogP contribution in [0.1, 0.15) is 23.7 Å². The lowest BCUT2D eigenvalue weighted by Gasteiger charge is -1.99. The maximum absolute atomic E-state index is 12.2. The van der Waals surface area contributed by atoms with Crippen LogP contribution in [0.2, 0.25) is 0 Å². The molecule has 0 aliphatic heterocycles. The molecule has 7 nitrogen and oxygen atoms in total. The minimum Gasteiger partial charge on any atom is -0.455 e. The van der Waals surface area contributed by atoms with E-state index in [4.69, 9.17) is 4.42 Å². The average molecular weight is 375 g/mol. The van der Waals surface area contributed by atoms with E-state index in [1.54, 1.807) is 24.3 Å². The summed E-state index contributed by atoms with van der Waals surface area (Å²) in [5.41, 5.74) is 4.47. The molecule has 1 N–H and O–H groups in total. The van der Waals surface area contributed by atoms with Crippen LogP contribution in [0.4, 0.5) is 5.69 Å². The van der Waals surface area contributed by atoms with Crippen molar-refractivity contribution in [3.63, 3.8) is 0 Å². The lowest BCUT2D eigenvalue weighted by Crippen LogP contribution is -2.20. The van der Waals surface area contributed by atoms with Crippen LogP contribution in [-0.4, -0.2) is 17.0 Å². The summed E-state index contributed by atoms with van der Waals surface area (Å²) in [5.74, 6) is 1.14. The summed E-state index contributed by atoms with van der Waals surface area (Å²) in [6.07, 6.45) is 2.27. The molecule has 0 unspecified atom stereocenters. The second-order valence-electron chi connectivity index (χ2n) is 6.60. The highest BCUT2D eigenvalue weighted by molar-refractivity contribution is 5.85. The van der Waals surface area contributed by atoms with Crippen LogP contribution in [0.5, 0.6) is 0 Å². The molecular weight excluding hydrogens is 358 g/mol. The van der Waals surface area contributed by atoms with Gasteiger partial charge in [-0.05, 0) is 42.2 Å². The molecule has 2 aromatic carbocycles. The molecule has 1 amide bonds. The van der Waals surface area contributed by atoms with Crippen molar-refractivity contribution in [3.8, 4) is 11.3 Å². The zero-order chi connectivity index (χ0) is 19.5. The number of carbonyl (C=O) groups excluding carboxylic acids is 1. The number of non-ortho nitro benzene ring substituents is 1. The van der Waals surface area contributed by atoms with Gasteiger partial charge in [0.1, 0.15) is 11.5 Å². The molecule has 1 heterocycles. The molecule has 1 aliphatic rings. The first-order chi connectivity index (χ1) is 13.6. The normalized spacial score (nSPS) is 18.1. The number of nitrogens with one attached hydrogen (secondary N) is 1. The Morgan fingerprint density at radius 2 is 1.86 bits per heavy atom. The zero-order valence-corrected chi connectivity index (χ0v) is 14.8. The van der Waals surface area contributed by atoms with Gasteiger partial charge in [0.2, 0.25) is 5.91 Å². The van der Waals surface area contributed by atoms with Gasteiger partial charge in [-0.25, -0.2) is 5.43 Å². The van der Waals surface area contributed by atoms with E-state index < -0.39 is 4.92 Å². The van der Waals surface area contributed by atoms with Crippen molar-refractivity contribution < 1.29 is 14.1 Å². The minimum atomic E-state index is -0.450. The highest BCUT2D eigenvalue weighted by Gasteiger charge is 2.43. The number of nitro benzene ring substituents is 1. The molecule has 2 atom stereocenters. The van der Waals surface area contributed by atoms with Crippen molar-refractivity contribution in [1.29, 1.82) is 0 Å². The summed E-state index contributed by atoms with van der Waals surface area (Å²) >= 11 is 0. The van der Waals surface area contributed by atoms with Crippen molar-refractivity contribution in [1.82, 2.24) is 5.43 Å². The van der Waals surface area contributed by atoms with E-state index in [2.05, 4.69) is 10.5 Å². The first-order valence-electron chi connectivity index (χ1n) is 8.84. The molecule has 4 rings (SSSR count). The predicted octanol–water partition coefficient (Wildman–Crippen LogP) is 4.11. The smallest absolute Gasteiger partial charge is 0.269 e. The molecular formula is C21H17N3O4. The second kappa shape index (κ2) is 7.48. The number of rotatable bonds is 6. The zero-order valence-electron chi connectivity index (χ0n) is 14.8. The van der Waals surface area contributed by atoms with Gasteiger partial charge >= 0.3 is 0 Å². The van der Waals surface area contributed by atoms with Crippen molar-refractivity contribution >= 4 is 17.8 Å². The van der Waals surface area contributed by atoms with Gasteiger partial charge in [-0.2, -0.15) is 5.10 Å². The molecule has 1 aliphatic carbocycles. The number of furan rings is 1. The van der Waals surface area contributed by atoms with Crippen LogP contribution >= 0.6 is 0 Å². The van der Waals surface area contributed by atoms with E-state index in [0.717, 1.165) is 12.0 Å². The maximum Gasteiger partial charge on any atom is 0.269 e. The lowest BCUT2D eigenvalue weighted by atomic mass is 10.1. The molecule has 0 bridgehead atoms. The van der Waals surface area contributed by atoms with Crippen LogP contribution < -0.4 is 5.43 Å². The van der Waals surface area contributed by atoms with Crippen LogP contribution in [0.25, 0.3) is 11.3 Å². The lowest BCUT2D eigenvalue weighted by molar-refractivity contribution is -0.384. The Morgan fingerprint density at radius 1 is 1.11 bits per heavy atom. The molecule has 3 aromatic rings. The van der Waals surface area contributed by atoms with Crippen LogP contribution in [0.3, 0.4) is 0 Å². The third-order valence-corrected chi connectivity index (χ3v) is 4.71. The van der Waals surface area contributed by atoms with Gasteiger partial charge in [-0.15, -0.1) is 0 Å². The van der Waals surface area contributed by atoms with Crippen LogP contribution in [0, 0.1) is 16.0 Å². The monoisotopic (exact) mass is 375 g/mol. The number of nitrogens with zero attached hydrogens (tertiary/aromatic N) is 2. The summed E-state index contributed by atoms with van der Waals surface area (Å²) in [4.78, 5) is 22.4. The molecule has 28 heavy (non-hydrogen) atoms. The third-order valence-electron chi connectivity index (χ3n) is 4.71. The van der Waals surface area contributed by atoms with Crippen molar-refractivity contribution in [3.05, 3.63) is 88.2 Å². The maximum atomic E-state index is 12.2. The van der Waals surface area contributed by atoms with Gasteiger partial charge in [0.15, 0.2) is 0 Å². The van der Waals surface area contributed by atoms with Gasteiger partial charge in [-0.3, -0.25) is 14.9 Å². The number of nitro groups is 1. The van der Waals surface area contributed by atoms with Crippen LogP contribution in [0.15, 0.2) is 76.2 Å². The Balaban J connectivity index is 1.33. The van der Waals surface area contributed by atoms with E-state index in [-0.39, 0.29) is 23.4 Å². The van der Waals surface area contributed by atoms with E-state index in [1.165, 1.54) is 23.9 Å². The summed E-state index contributed by atoms with van der Waals surface area (Å²) in [5, 5.41) is 14.7. The van der Waals surface area contributed by atoms with Crippen molar-refractivity contribution in [2.45, 2.75) is 12.3 Å². The topological polar surface area (TPSA) is 97.7 Å². The van der Waals surface area contributed by atoms with E-state index in [0.29, 0.717) is 11.5 Å². The number of hydrazone groups is 1. The molecule has 140 valence electrons. The fraction of sp³-hybridized carbons (Fsp3) is 0.143. The number of benzene rings is 2. The number of amides is 1. The second-order valence-corrected chi connectivity index (χ2v) is 6.60. The Kier molecular flexibility index (Phi) is 4.72. The molecule has 1 saturated carbocycles. The molecule has 0 saturated heterocycles. The summed E-state index contributed by atoms with van der Waals surface area (Å²) in [6.45, 7) is 0. The molecule has 7 heteroatoms. The number of hydrogen-bond donors (Lipinski definition) is 1. The Hall–Kier alpha value is -3.74. The van der Waals surface area contributed by atoms with Crippen LogP contribution in [-0.2, 0) is 4.79 Å². The first kappa shape index (κ1) is 17.7. The molecule has 1 aromatic heterocycles. The van der Waals surface area contributed by atoms with E-state index >= 15 is 0 Å². The summed E-state index contributed by atoms with van der Waals surface area (Å²) < 4.78 is 5.65. The van der Waals surface area contributed by atoms with E-state index in [9.17, 15) is 14.9 Å². The van der Waals surface area contributed by atoms with Gasteiger partial charge in [-0.1, -0.05) is 30.3 Å². The molecule has 1 fully saturated rings. The SMILES string of the molecule is O=C(N/N=C\c1ccc(-c2ccc([N+](=O)[O-])cc2)o1)[C@@H]1C[C@H]1c1ccccc1. The minimum absolute atomic E-state index is 0.0219. The average Bonchev–Trinajstić information content (AvgIpc) is 3.39. The fourth-order valence-electron chi connectivity index (χ4n) is 3.12. The fourth-order valence-corrected chi connectivity index (χ4v) is 3.12. The summed E-state index contributed by atoms with van der Waals surface area (Å²) in [6, 6.07) is 19.5. The Labute approximate surface area is 160 Å². The van der Waals surface area contributed by atoms with Gasteiger partial charge in [0.25, 0.3) is 5.69 Å². The Morgan fingerprint density at radius 3 is 2.57 bits per heavy atom. The standard InChI is InChI=1S/C21H17N3O4/c25-21(19-12-18(19)14-4-2-1-3-5-14)23-22-13-17-10-11-20(28-17)15-6-8-16(9-7-15)24(26)27/h1-11,13,18-19H,12H2,(H,23,25)/b22-13-/t18-,19+/m0/s1. The largest absolute Gasteiger partial charge is 0.455 e. The quantitative estimate of drug-likeness (QED) is 0.398. The highest BCUT2D eigenvalue weighted by atomic mass is 16.6. The highest BCUT2D eigenvalue weighted by Crippen LogP contribution is 2.47. The predicted molar refractivity (Wildman–Crippen MR) is 104 cm³/mol. The van der Waals surface area contributed by atoms with Crippen molar-refractivity contribution in [2.24, 2.45) is 11.0 Å². The molecule has 0 spiro atoms. The number of hydrogen-bond acceptors (Lipinski definition) is 5. The Bertz CT molecular complexity index is 1030. The number of carbonyl (C=O) groups is 1. The van der Waals surface area contributed by atoms with Crippen molar-refractivity contribution in [2.75, 3.05) is 0 Å². The third kappa shape index (κ3) is 3.83.